The molecule has 0 spiro atoms. The van der Waals surface area contributed by atoms with E-state index in [1.807, 2.05) is 0 Å². The lowest BCUT2D eigenvalue weighted by molar-refractivity contribution is 1.26. The molecule has 4 heteroatoms. The fourth-order valence-electron chi connectivity index (χ4n) is 11.3. The third-order valence-electron chi connectivity index (χ3n) is 14.6. The third-order valence-corrected chi connectivity index (χ3v) is 14.6. The van der Waals surface area contributed by atoms with Gasteiger partial charge in [-0.15, -0.1) is 0 Å². The van der Waals surface area contributed by atoms with E-state index in [1.54, 1.807) is 0 Å². The van der Waals surface area contributed by atoms with Crippen LogP contribution in [0.4, 0.5) is 34.1 Å². The number of hydrogen-bond acceptors (Lipinski definition) is 3. The Labute approximate surface area is 414 Å². The van der Waals surface area contributed by atoms with Crippen LogP contribution in [0.25, 0.3) is 77.4 Å². The van der Waals surface area contributed by atoms with E-state index in [-0.39, 0.29) is 6.71 Å². The number of aromatic nitrogens is 1. The molecule has 0 aliphatic carbocycles. The summed E-state index contributed by atoms with van der Waals surface area (Å²) in [6.07, 6.45) is 0. The molecule has 71 heavy (non-hydrogen) atoms. The highest BCUT2D eigenvalue weighted by Crippen LogP contribution is 2.49. The molecular formula is C67H44BN3. The van der Waals surface area contributed by atoms with Crippen LogP contribution in [-0.4, -0.2) is 11.7 Å². The number of nitrogens with zero attached hydrogens (tertiary/aromatic N) is 3. The van der Waals surface area contributed by atoms with E-state index in [0.29, 0.717) is 0 Å². The van der Waals surface area contributed by atoms with Crippen LogP contribution in [0.2, 0.25) is 0 Å². The lowest BCUT2D eigenvalue weighted by Crippen LogP contribution is -2.61. The van der Waals surface area contributed by atoms with E-state index in [0.717, 1.165) is 56.4 Å². The molecular weight excluding hydrogens is 858 g/mol. The molecule has 0 unspecified atom stereocenters. The summed E-state index contributed by atoms with van der Waals surface area (Å²) in [6.45, 7) is -0.0647. The zero-order valence-electron chi connectivity index (χ0n) is 38.8. The Bertz CT molecular complexity index is 3720. The standard InChI is InChI=1S/C67H44BN3/c1-5-17-45(18-6-1)47-29-35-55(36-30-47)70-63-43-54(53-41-61(51-23-9-3-10-24-51)69-62(42-53)52-25-11-4-12-26-52)44-64-65(63)68(59-39-33-49-21-13-15-27-57(49)66(59)70)60-40-34-50-22-14-16-28-58(50)67(60)71(64)56-37-31-48(32-38-56)46-19-7-2-8-20-46/h1-44H. The summed E-state index contributed by atoms with van der Waals surface area (Å²) in [5.41, 5.74) is 21.8. The fourth-order valence-corrected chi connectivity index (χ4v) is 11.3. The first-order valence-corrected chi connectivity index (χ1v) is 24.5. The van der Waals surface area contributed by atoms with Gasteiger partial charge in [-0.1, -0.05) is 218 Å². The Morgan fingerprint density at radius 3 is 1.06 bits per heavy atom. The second-order valence-electron chi connectivity index (χ2n) is 18.7. The van der Waals surface area contributed by atoms with Gasteiger partial charge in [-0.25, -0.2) is 4.98 Å². The second kappa shape index (κ2) is 16.8. The summed E-state index contributed by atoms with van der Waals surface area (Å²) < 4.78 is 0. The van der Waals surface area contributed by atoms with Gasteiger partial charge in [0, 0.05) is 56.0 Å². The van der Waals surface area contributed by atoms with Gasteiger partial charge in [-0.05, 0) is 109 Å². The van der Waals surface area contributed by atoms with Gasteiger partial charge in [0.05, 0.1) is 11.4 Å². The molecule has 2 aliphatic heterocycles. The van der Waals surface area contributed by atoms with Crippen molar-refractivity contribution in [1.29, 1.82) is 0 Å². The van der Waals surface area contributed by atoms with Gasteiger partial charge >= 0.3 is 0 Å². The van der Waals surface area contributed by atoms with Gasteiger partial charge in [-0.2, -0.15) is 0 Å². The van der Waals surface area contributed by atoms with Crippen LogP contribution >= 0.6 is 0 Å². The average molecular weight is 902 g/mol. The van der Waals surface area contributed by atoms with Crippen LogP contribution in [0, 0.1) is 0 Å². The highest BCUT2D eigenvalue weighted by Gasteiger charge is 2.44. The topological polar surface area (TPSA) is 19.4 Å². The first-order chi connectivity index (χ1) is 35.2. The lowest BCUT2D eigenvalue weighted by Gasteiger charge is -2.45. The van der Waals surface area contributed by atoms with E-state index in [2.05, 4.69) is 277 Å². The molecule has 2 aliphatic rings. The van der Waals surface area contributed by atoms with Crippen LogP contribution in [-0.2, 0) is 0 Å². The van der Waals surface area contributed by atoms with Gasteiger partial charge in [0.1, 0.15) is 0 Å². The molecule has 14 rings (SSSR count). The number of anilines is 6. The Kier molecular flexibility index (Phi) is 9.63. The molecule has 12 aromatic rings. The second-order valence-corrected chi connectivity index (χ2v) is 18.7. The SMILES string of the molecule is c1ccc(-c2ccc(N3c4cc(-c5cc(-c6ccccc6)nc(-c6ccccc6)c5)cc5c4B(c4ccc6ccccc6c43)c3ccc4ccccc4c3N5c3ccc(-c4ccccc4)cc3)cc2)cc1. The maximum absolute atomic E-state index is 5.35. The summed E-state index contributed by atoms with van der Waals surface area (Å²) in [6, 6.07) is 97.6. The van der Waals surface area contributed by atoms with Gasteiger partial charge in [0.2, 0.25) is 0 Å². The number of benzene rings is 11. The molecule has 0 saturated heterocycles. The molecule has 0 bridgehead atoms. The first-order valence-electron chi connectivity index (χ1n) is 24.5. The van der Waals surface area contributed by atoms with E-state index in [9.17, 15) is 0 Å². The Morgan fingerprint density at radius 2 is 0.634 bits per heavy atom. The van der Waals surface area contributed by atoms with Crippen molar-refractivity contribution in [2.24, 2.45) is 0 Å². The average Bonchev–Trinajstić information content (AvgIpc) is 3.46. The van der Waals surface area contributed by atoms with Crippen LogP contribution < -0.4 is 26.2 Å². The van der Waals surface area contributed by atoms with Gasteiger partial charge in [0.25, 0.3) is 6.71 Å². The van der Waals surface area contributed by atoms with Crippen LogP contribution in [0.3, 0.4) is 0 Å². The van der Waals surface area contributed by atoms with E-state index < -0.39 is 0 Å². The highest BCUT2D eigenvalue weighted by atomic mass is 15.2. The smallest absolute Gasteiger partial charge is 0.252 e. The van der Waals surface area contributed by atoms with Crippen molar-refractivity contribution in [3.8, 4) is 55.9 Å². The number of hydrogen-bond donors (Lipinski definition) is 0. The molecule has 1 aromatic heterocycles. The molecule has 0 saturated carbocycles. The van der Waals surface area contributed by atoms with Gasteiger partial charge < -0.3 is 9.80 Å². The summed E-state index contributed by atoms with van der Waals surface area (Å²) in [5, 5.41) is 4.86. The zero-order chi connectivity index (χ0) is 46.8. The quantitative estimate of drug-likeness (QED) is 0.149. The van der Waals surface area contributed by atoms with Crippen molar-refractivity contribution in [2.75, 3.05) is 9.80 Å². The van der Waals surface area contributed by atoms with Crippen molar-refractivity contribution in [1.82, 2.24) is 4.98 Å². The summed E-state index contributed by atoms with van der Waals surface area (Å²) in [5.74, 6) is 0. The zero-order valence-corrected chi connectivity index (χ0v) is 38.8. The van der Waals surface area contributed by atoms with Crippen molar-refractivity contribution >= 4 is 78.8 Å². The first kappa shape index (κ1) is 40.8. The molecule has 330 valence electrons. The van der Waals surface area contributed by atoms with Crippen LogP contribution in [0.1, 0.15) is 0 Å². The fraction of sp³-hybridized carbons (Fsp3) is 0. The largest absolute Gasteiger partial charge is 0.311 e. The van der Waals surface area contributed by atoms with E-state index in [1.165, 1.54) is 71.6 Å². The highest BCUT2D eigenvalue weighted by molar-refractivity contribution is 7.00. The molecule has 3 heterocycles. The van der Waals surface area contributed by atoms with Crippen molar-refractivity contribution in [2.45, 2.75) is 0 Å². The number of rotatable bonds is 7. The van der Waals surface area contributed by atoms with Crippen LogP contribution in [0.5, 0.6) is 0 Å². The minimum Gasteiger partial charge on any atom is -0.311 e. The molecule has 0 atom stereocenters. The van der Waals surface area contributed by atoms with E-state index in [4.69, 9.17) is 4.98 Å². The Balaban J connectivity index is 1.10. The predicted octanol–water partition coefficient (Wildman–Crippen LogP) is 15.8. The van der Waals surface area contributed by atoms with Gasteiger partial charge in [0.15, 0.2) is 0 Å². The maximum atomic E-state index is 5.35. The molecule has 3 nitrogen and oxygen atoms in total. The summed E-state index contributed by atoms with van der Waals surface area (Å²) in [4.78, 5) is 10.5. The summed E-state index contributed by atoms with van der Waals surface area (Å²) >= 11 is 0. The number of fused-ring (bicyclic) bond motifs is 8. The predicted molar refractivity (Wildman–Crippen MR) is 300 cm³/mol. The maximum Gasteiger partial charge on any atom is 0.252 e. The minimum absolute atomic E-state index is 0.0647. The minimum atomic E-state index is -0.0647. The van der Waals surface area contributed by atoms with Crippen molar-refractivity contribution < 1.29 is 0 Å². The molecule has 0 amide bonds. The van der Waals surface area contributed by atoms with E-state index >= 15 is 0 Å². The molecule has 0 radical (unpaired) electrons. The monoisotopic (exact) mass is 901 g/mol. The molecule has 0 fully saturated rings. The normalized spacial score (nSPS) is 12.4. The van der Waals surface area contributed by atoms with Crippen LogP contribution in [0.15, 0.2) is 267 Å². The molecule has 11 aromatic carbocycles. The molecule has 0 N–H and O–H groups in total. The number of pyridine rings is 1. The Hall–Kier alpha value is -9.25. The Morgan fingerprint density at radius 1 is 0.282 bits per heavy atom. The lowest BCUT2D eigenvalue weighted by atomic mass is 9.33. The third kappa shape index (κ3) is 6.87. The van der Waals surface area contributed by atoms with Crippen molar-refractivity contribution in [3.05, 3.63) is 267 Å². The van der Waals surface area contributed by atoms with Crippen molar-refractivity contribution in [3.63, 3.8) is 0 Å². The van der Waals surface area contributed by atoms with Gasteiger partial charge in [-0.3, -0.25) is 0 Å². The summed E-state index contributed by atoms with van der Waals surface area (Å²) in [7, 11) is 0.